The van der Waals surface area contributed by atoms with Crippen LogP contribution in [0.2, 0.25) is 15.1 Å². The first kappa shape index (κ1) is 18.1. The van der Waals surface area contributed by atoms with Gasteiger partial charge in [-0.1, -0.05) is 53.0 Å². The van der Waals surface area contributed by atoms with E-state index in [4.69, 9.17) is 34.8 Å². The third-order valence-corrected chi connectivity index (χ3v) is 4.72. The Labute approximate surface area is 154 Å². The number of amides is 1. The molecule has 0 aliphatic carbocycles. The normalized spacial score (nSPS) is 10.9. The molecule has 0 aliphatic heterocycles. The van der Waals surface area contributed by atoms with Gasteiger partial charge in [0.1, 0.15) is 0 Å². The van der Waals surface area contributed by atoms with Crippen LogP contribution >= 0.6 is 46.6 Å². The molecule has 0 saturated heterocycles. The third kappa shape index (κ3) is 6.43. The highest BCUT2D eigenvalue weighted by Gasteiger charge is 2.02. The first-order valence-electron chi connectivity index (χ1n) is 6.64. The summed E-state index contributed by atoms with van der Waals surface area (Å²) in [5, 5.41) is 5.51. The summed E-state index contributed by atoms with van der Waals surface area (Å²) < 4.78 is 0. The Morgan fingerprint density at radius 1 is 1.13 bits per heavy atom. The van der Waals surface area contributed by atoms with Crippen LogP contribution in [0.15, 0.2) is 47.6 Å². The Hall–Kier alpha value is -1.20. The number of benzene rings is 2. The van der Waals surface area contributed by atoms with Gasteiger partial charge < -0.3 is 0 Å². The average molecular weight is 388 g/mol. The van der Waals surface area contributed by atoms with Crippen LogP contribution in [0, 0.1) is 0 Å². The van der Waals surface area contributed by atoms with E-state index in [2.05, 4.69) is 10.5 Å². The van der Waals surface area contributed by atoms with Gasteiger partial charge >= 0.3 is 0 Å². The van der Waals surface area contributed by atoms with Gasteiger partial charge in [0.05, 0.1) is 22.0 Å². The van der Waals surface area contributed by atoms with Gasteiger partial charge in [0, 0.05) is 10.8 Å². The Bertz CT molecular complexity index is 722. The van der Waals surface area contributed by atoms with Crippen LogP contribution in [0.1, 0.15) is 11.1 Å². The fraction of sp³-hybridized carbons (Fsp3) is 0.125. The lowest BCUT2D eigenvalue weighted by Crippen LogP contribution is -2.19. The molecule has 1 N–H and O–H groups in total. The number of hydrazone groups is 1. The first-order valence-corrected chi connectivity index (χ1v) is 8.92. The molecule has 0 radical (unpaired) electrons. The highest BCUT2D eigenvalue weighted by atomic mass is 35.5. The number of nitrogens with zero attached hydrogens (tertiary/aromatic N) is 1. The summed E-state index contributed by atoms with van der Waals surface area (Å²) in [5.41, 5.74) is 4.30. The molecule has 0 saturated carbocycles. The largest absolute Gasteiger partial charge is 0.272 e. The topological polar surface area (TPSA) is 41.5 Å². The molecule has 0 bridgehead atoms. The van der Waals surface area contributed by atoms with Gasteiger partial charge in [-0.25, -0.2) is 5.43 Å². The van der Waals surface area contributed by atoms with Crippen molar-refractivity contribution < 1.29 is 4.79 Å². The molecule has 1 amide bonds. The number of nitrogens with one attached hydrogen (secondary N) is 1. The zero-order valence-electron chi connectivity index (χ0n) is 11.9. The fourth-order valence-corrected chi connectivity index (χ4v) is 2.98. The first-order chi connectivity index (χ1) is 11.0. The quantitative estimate of drug-likeness (QED) is 0.558. The zero-order valence-corrected chi connectivity index (χ0v) is 15.0. The van der Waals surface area contributed by atoms with Crippen LogP contribution in [-0.2, 0) is 10.5 Å². The lowest BCUT2D eigenvalue weighted by Gasteiger charge is -2.02. The van der Waals surface area contributed by atoms with Crippen LogP contribution in [0.5, 0.6) is 0 Å². The van der Waals surface area contributed by atoms with Crippen molar-refractivity contribution in [3.8, 4) is 0 Å². The zero-order chi connectivity index (χ0) is 16.7. The van der Waals surface area contributed by atoms with E-state index in [1.165, 1.54) is 18.0 Å². The van der Waals surface area contributed by atoms with E-state index in [1.54, 1.807) is 18.2 Å². The van der Waals surface area contributed by atoms with Crippen molar-refractivity contribution in [1.82, 2.24) is 5.43 Å². The molecule has 120 valence electrons. The van der Waals surface area contributed by atoms with Crippen molar-refractivity contribution in [3.05, 3.63) is 68.7 Å². The van der Waals surface area contributed by atoms with E-state index in [1.807, 2.05) is 24.3 Å². The number of carbonyl (C=O) groups is 1. The SMILES string of the molecule is O=C(CSCc1cccc(Cl)c1)N/N=C/c1ccc(Cl)c(Cl)c1. The molecular formula is C16H13Cl3N2OS. The smallest absolute Gasteiger partial charge is 0.250 e. The molecule has 0 aromatic heterocycles. The molecular weight excluding hydrogens is 375 g/mol. The van der Waals surface area contributed by atoms with Gasteiger partial charge in [0.25, 0.3) is 0 Å². The number of halogens is 3. The van der Waals surface area contributed by atoms with Crippen LogP contribution < -0.4 is 5.43 Å². The summed E-state index contributed by atoms with van der Waals surface area (Å²) in [6.45, 7) is 0. The van der Waals surface area contributed by atoms with E-state index < -0.39 is 0 Å². The van der Waals surface area contributed by atoms with Gasteiger partial charge in [-0.3, -0.25) is 4.79 Å². The summed E-state index contributed by atoms with van der Waals surface area (Å²) in [4.78, 5) is 11.7. The summed E-state index contributed by atoms with van der Waals surface area (Å²) in [6, 6.07) is 12.7. The second kappa shape index (κ2) is 9.18. The van der Waals surface area contributed by atoms with E-state index in [0.717, 1.165) is 11.1 Å². The molecule has 2 rings (SSSR count). The maximum Gasteiger partial charge on any atom is 0.250 e. The van der Waals surface area contributed by atoms with E-state index in [-0.39, 0.29) is 5.91 Å². The molecule has 0 atom stereocenters. The van der Waals surface area contributed by atoms with Gasteiger partial charge in [-0.15, -0.1) is 11.8 Å². The maximum absolute atomic E-state index is 11.7. The standard InChI is InChI=1S/C16H13Cl3N2OS/c17-13-3-1-2-12(6-13)9-23-10-16(22)21-20-8-11-4-5-14(18)15(19)7-11/h1-8H,9-10H2,(H,21,22)/b20-8+. The second-order valence-corrected chi connectivity index (χ2v) is 6.83. The van der Waals surface area contributed by atoms with Crippen molar-refractivity contribution in [2.75, 3.05) is 5.75 Å². The summed E-state index contributed by atoms with van der Waals surface area (Å²) in [5.74, 6) is 0.851. The molecule has 2 aromatic rings. The summed E-state index contributed by atoms with van der Waals surface area (Å²) in [7, 11) is 0. The van der Waals surface area contributed by atoms with Gasteiger partial charge in [-0.2, -0.15) is 5.10 Å². The average Bonchev–Trinajstić information content (AvgIpc) is 2.51. The fourth-order valence-electron chi connectivity index (χ4n) is 1.69. The second-order valence-electron chi connectivity index (χ2n) is 4.59. The number of thioether (sulfide) groups is 1. The maximum atomic E-state index is 11.7. The third-order valence-electron chi connectivity index (χ3n) is 2.74. The van der Waals surface area contributed by atoms with E-state index >= 15 is 0 Å². The number of hydrogen-bond acceptors (Lipinski definition) is 3. The van der Waals surface area contributed by atoms with Gasteiger partial charge in [0.15, 0.2) is 0 Å². The molecule has 7 heteroatoms. The van der Waals surface area contributed by atoms with E-state index in [0.29, 0.717) is 26.6 Å². The van der Waals surface area contributed by atoms with Crippen molar-refractivity contribution in [3.63, 3.8) is 0 Å². The summed E-state index contributed by atoms with van der Waals surface area (Å²) >= 11 is 19.1. The summed E-state index contributed by atoms with van der Waals surface area (Å²) in [6.07, 6.45) is 1.52. The number of hydrogen-bond donors (Lipinski definition) is 1. The molecule has 0 fully saturated rings. The minimum Gasteiger partial charge on any atom is -0.272 e. The molecule has 0 aliphatic rings. The highest BCUT2D eigenvalue weighted by molar-refractivity contribution is 7.99. The highest BCUT2D eigenvalue weighted by Crippen LogP contribution is 2.21. The molecule has 23 heavy (non-hydrogen) atoms. The van der Waals surface area contributed by atoms with Crippen molar-refractivity contribution in [2.24, 2.45) is 5.10 Å². The number of carbonyl (C=O) groups excluding carboxylic acids is 1. The Morgan fingerprint density at radius 3 is 2.70 bits per heavy atom. The van der Waals surface area contributed by atoms with Crippen LogP contribution in [0.25, 0.3) is 0 Å². The minimum absolute atomic E-state index is 0.173. The minimum atomic E-state index is -0.173. The Balaban J connectivity index is 1.74. The lowest BCUT2D eigenvalue weighted by molar-refractivity contribution is -0.118. The van der Waals surface area contributed by atoms with Crippen molar-refractivity contribution in [1.29, 1.82) is 0 Å². The van der Waals surface area contributed by atoms with Crippen molar-refractivity contribution in [2.45, 2.75) is 5.75 Å². The predicted octanol–water partition coefficient (Wildman–Crippen LogP) is 5.03. The Kier molecular flexibility index (Phi) is 7.24. The number of rotatable bonds is 6. The molecule has 0 unspecified atom stereocenters. The monoisotopic (exact) mass is 386 g/mol. The lowest BCUT2D eigenvalue weighted by atomic mass is 10.2. The predicted molar refractivity (Wildman–Crippen MR) is 99.8 cm³/mol. The molecule has 0 heterocycles. The van der Waals surface area contributed by atoms with Gasteiger partial charge in [-0.05, 0) is 35.4 Å². The molecule has 2 aromatic carbocycles. The van der Waals surface area contributed by atoms with Crippen LogP contribution in [0.4, 0.5) is 0 Å². The Morgan fingerprint density at radius 2 is 1.96 bits per heavy atom. The van der Waals surface area contributed by atoms with E-state index in [9.17, 15) is 4.79 Å². The molecule has 0 spiro atoms. The molecule has 3 nitrogen and oxygen atoms in total. The van der Waals surface area contributed by atoms with Gasteiger partial charge in [0.2, 0.25) is 5.91 Å². The van der Waals surface area contributed by atoms with Crippen LogP contribution in [0.3, 0.4) is 0 Å². The van der Waals surface area contributed by atoms with Crippen molar-refractivity contribution >= 4 is 58.7 Å². The van der Waals surface area contributed by atoms with Crippen LogP contribution in [-0.4, -0.2) is 17.9 Å².